The lowest BCUT2D eigenvalue weighted by Crippen LogP contribution is -2.35. The number of aliphatic carboxylic acids is 1. The number of fused-ring (bicyclic) bond motifs is 4. The fraction of sp³-hybridized carbons (Fsp3) is 0.222. The van der Waals surface area contributed by atoms with Crippen LogP contribution in [0.15, 0.2) is 97.1 Å². The second-order valence-electron chi connectivity index (χ2n) is 10.3. The lowest BCUT2D eigenvalue weighted by atomic mass is 9.72. The van der Waals surface area contributed by atoms with Gasteiger partial charge in [-0.1, -0.05) is 97.1 Å². The van der Waals surface area contributed by atoms with Crippen molar-refractivity contribution in [3.63, 3.8) is 0 Å². The van der Waals surface area contributed by atoms with Crippen LogP contribution in [0.25, 0.3) is 0 Å². The number of carboxylic acids is 1. The summed E-state index contributed by atoms with van der Waals surface area (Å²) in [6, 6.07) is 14.1. The molecule has 4 aliphatic carbocycles. The van der Waals surface area contributed by atoms with E-state index >= 15 is 0 Å². The average molecular weight is 713 g/mol. The molecule has 4 N–H and O–H groups in total. The SMILES string of the molecule is CN.CNC(=O)CC(=O)O.O=C(Cl)CC(=O)Cl.O=C1c2ccccc2C(=O)C2C=CC=CC12.O=C1c2ccccc2C(=O)C2C=CC=CC12.[2HH]. The van der Waals surface area contributed by atoms with Crippen LogP contribution in [0.4, 0.5) is 0 Å². The van der Waals surface area contributed by atoms with Crippen LogP contribution in [-0.2, 0) is 19.2 Å². The minimum Gasteiger partial charge on any atom is -0.481 e. The summed E-state index contributed by atoms with van der Waals surface area (Å²) in [5, 5.41) is 8.69. The molecule has 0 saturated carbocycles. The molecule has 1 amide bonds. The van der Waals surface area contributed by atoms with E-state index in [1.54, 1.807) is 48.5 Å². The smallest absolute Gasteiger partial charge is 0.312 e. The van der Waals surface area contributed by atoms with Gasteiger partial charge in [-0.3, -0.25) is 38.4 Å². The van der Waals surface area contributed by atoms with Gasteiger partial charge >= 0.3 is 5.97 Å². The van der Waals surface area contributed by atoms with Crippen molar-refractivity contribution in [2.24, 2.45) is 29.4 Å². The maximum Gasteiger partial charge on any atom is 0.312 e. The molecule has 258 valence electrons. The zero-order valence-electron chi connectivity index (χ0n) is 26.5. The van der Waals surface area contributed by atoms with E-state index in [1.165, 1.54) is 14.1 Å². The molecule has 0 aliphatic heterocycles. The summed E-state index contributed by atoms with van der Waals surface area (Å²) in [5.41, 5.74) is 6.75. The van der Waals surface area contributed by atoms with Crippen molar-refractivity contribution in [1.29, 1.82) is 0 Å². The van der Waals surface area contributed by atoms with E-state index in [4.69, 9.17) is 28.3 Å². The molecule has 0 aromatic heterocycles. The summed E-state index contributed by atoms with van der Waals surface area (Å²) in [6.07, 6.45) is 13.8. The fourth-order valence-corrected chi connectivity index (χ4v) is 5.41. The summed E-state index contributed by atoms with van der Waals surface area (Å²) in [5.74, 6) is -2.55. The van der Waals surface area contributed by atoms with Crippen molar-refractivity contribution >= 4 is 68.7 Å². The van der Waals surface area contributed by atoms with Gasteiger partial charge < -0.3 is 16.2 Å². The zero-order valence-corrected chi connectivity index (χ0v) is 28.0. The second-order valence-corrected chi connectivity index (χ2v) is 11.2. The number of hydrogen-bond donors (Lipinski definition) is 3. The molecule has 0 saturated heterocycles. The van der Waals surface area contributed by atoms with Crippen molar-refractivity contribution < 1.29 is 44.9 Å². The van der Waals surface area contributed by atoms with Crippen LogP contribution < -0.4 is 11.1 Å². The van der Waals surface area contributed by atoms with E-state index in [-0.39, 0.29) is 54.7 Å². The maximum absolute atomic E-state index is 12.2. The van der Waals surface area contributed by atoms with E-state index in [0.29, 0.717) is 22.3 Å². The van der Waals surface area contributed by atoms with E-state index < -0.39 is 28.8 Å². The molecular formula is C36H36Cl2N2O9. The molecule has 11 nitrogen and oxygen atoms in total. The van der Waals surface area contributed by atoms with Gasteiger partial charge in [-0.15, -0.1) is 0 Å². The van der Waals surface area contributed by atoms with Crippen LogP contribution in [0, 0.1) is 23.7 Å². The summed E-state index contributed by atoms with van der Waals surface area (Å²) < 4.78 is 0. The number of ketones is 4. The van der Waals surface area contributed by atoms with Gasteiger partial charge in [-0.05, 0) is 30.2 Å². The van der Waals surface area contributed by atoms with E-state index in [1.807, 2.05) is 48.6 Å². The molecule has 2 aromatic rings. The van der Waals surface area contributed by atoms with Gasteiger partial charge in [-0.25, -0.2) is 0 Å². The standard InChI is InChI=1S/2C14H10O2.C4H7NO3.C3H2Cl2O2.CH5N.H2/c2*15-13-9-5-1-2-6-10(9)14(16)12-8-4-3-7-11(12)13;1-5-3(6)2-4(7)8;4-2(6)1-3(5)7;1-2;/h2*1-10H;2H2,1H3,(H,5,6)(H,7,8);1H2;2H2,1H3;1H/i;;;;;1+1. The van der Waals surface area contributed by atoms with Crippen LogP contribution in [0.1, 0.15) is 55.7 Å². The number of carbonyl (C=O) groups is 8. The topological polar surface area (TPSA) is 195 Å². The van der Waals surface area contributed by atoms with Crippen molar-refractivity contribution in [2.75, 3.05) is 14.1 Å². The molecule has 0 heterocycles. The van der Waals surface area contributed by atoms with E-state index in [0.717, 1.165) is 0 Å². The first-order valence-corrected chi connectivity index (χ1v) is 15.5. The number of hydrogen-bond acceptors (Lipinski definition) is 9. The number of Topliss-reactive ketones (excluding diaryl/α,β-unsaturated/α-hetero) is 4. The molecule has 2 aromatic carbocycles. The number of allylic oxidation sites excluding steroid dienone is 8. The number of nitrogens with one attached hydrogen (secondary N) is 1. The Hall–Kier alpha value is -5.10. The first kappa shape index (κ1) is 40.1. The summed E-state index contributed by atoms with van der Waals surface area (Å²) >= 11 is 9.46. The summed E-state index contributed by atoms with van der Waals surface area (Å²) in [7, 11) is 2.89. The Kier molecular flexibility index (Phi) is 16.1. The first-order valence-electron chi connectivity index (χ1n) is 14.8. The number of carboxylic acid groups (broad SMARTS) is 1. The molecule has 13 heteroatoms. The average Bonchev–Trinajstić information content (AvgIpc) is 3.10. The molecule has 0 bridgehead atoms. The summed E-state index contributed by atoms with van der Waals surface area (Å²) in [6.45, 7) is 0. The molecule has 0 radical (unpaired) electrons. The number of halogens is 2. The highest BCUT2D eigenvalue weighted by atomic mass is 35.5. The highest BCUT2D eigenvalue weighted by Crippen LogP contribution is 2.34. The Balaban J connectivity index is 0.000000346. The van der Waals surface area contributed by atoms with Crippen molar-refractivity contribution in [2.45, 2.75) is 12.8 Å². The highest BCUT2D eigenvalue weighted by Gasteiger charge is 2.40. The van der Waals surface area contributed by atoms with Gasteiger partial charge in [0.25, 0.3) is 0 Å². The minimum absolute atomic E-state index is 0. The molecule has 4 aliphatic rings. The minimum atomic E-state index is -1.11. The number of benzene rings is 2. The Morgan fingerprint density at radius 3 is 1.04 bits per heavy atom. The second kappa shape index (κ2) is 19.7. The third-order valence-electron chi connectivity index (χ3n) is 7.27. The Morgan fingerprint density at radius 2 is 0.878 bits per heavy atom. The lowest BCUT2D eigenvalue weighted by molar-refractivity contribution is -0.140. The highest BCUT2D eigenvalue weighted by molar-refractivity contribution is 6.72. The maximum atomic E-state index is 12.2. The monoisotopic (exact) mass is 711 g/mol. The fourth-order valence-electron chi connectivity index (χ4n) is 5.10. The molecule has 6 rings (SSSR count). The first-order chi connectivity index (χ1) is 23.4. The number of carbonyl (C=O) groups excluding carboxylic acids is 7. The Labute approximate surface area is 294 Å². The number of rotatable bonds is 4. The van der Waals surface area contributed by atoms with Gasteiger partial charge in [0.15, 0.2) is 23.1 Å². The van der Waals surface area contributed by atoms with Gasteiger partial charge in [-0.2, -0.15) is 0 Å². The van der Waals surface area contributed by atoms with E-state index in [2.05, 4.69) is 11.1 Å². The van der Waals surface area contributed by atoms with Crippen LogP contribution in [-0.4, -0.2) is 64.7 Å². The van der Waals surface area contributed by atoms with Crippen LogP contribution in [0.2, 0.25) is 0 Å². The molecule has 4 atom stereocenters. The Bertz CT molecular complexity index is 1540. The van der Waals surface area contributed by atoms with Crippen LogP contribution >= 0.6 is 23.2 Å². The van der Waals surface area contributed by atoms with Gasteiger partial charge in [0, 0.05) is 30.7 Å². The molecule has 0 spiro atoms. The summed E-state index contributed by atoms with van der Waals surface area (Å²) in [4.78, 5) is 87.9. The Morgan fingerprint density at radius 1 is 0.612 bits per heavy atom. The van der Waals surface area contributed by atoms with Crippen LogP contribution in [0.3, 0.4) is 0 Å². The third kappa shape index (κ3) is 11.0. The third-order valence-corrected chi connectivity index (χ3v) is 7.53. The predicted molar refractivity (Wildman–Crippen MR) is 186 cm³/mol. The number of amides is 1. The normalized spacial score (nSPS) is 19.9. The zero-order chi connectivity index (χ0) is 36.7. The van der Waals surface area contributed by atoms with E-state index in [9.17, 15) is 38.4 Å². The van der Waals surface area contributed by atoms with Gasteiger partial charge in [0.05, 0.1) is 30.1 Å². The predicted octanol–water partition coefficient (Wildman–Crippen LogP) is 4.78. The van der Waals surface area contributed by atoms with Crippen LogP contribution in [0.5, 0.6) is 0 Å². The molecule has 49 heavy (non-hydrogen) atoms. The van der Waals surface area contributed by atoms with Crippen molar-refractivity contribution in [3.8, 4) is 0 Å². The molecule has 0 fully saturated rings. The van der Waals surface area contributed by atoms with Gasteiger partial charge in [0.1, 0.15) is 6.42 Å². The quantitative estimate of drug-likeness (QED) is 0.293. The molecule has 4 unspecified atom stereocenters. The van der Waals surface area contributed by atoms with Crippen molar-refractivity contribution in [3.05, 3.63) is 119 Å². The lowest BCUT2D eigenvalue weighted by Gasteiger charge is -2.28. The van der Waals surface area contributed by atoms with Crippen molar-refractivity contribution in [1.82, 2.24) is 5.32 Å². The number of nitrogens with two attached hydrogens (primary N) is 1. The largest absolute Gasteiger partial charge is 0.481 e. The van der Waals surface area contributed by atoms with Gasteiger partial charge in [0.2, 0.25) is 16.4 Å². The molecular weight excluding hydrogens is 675 g/mol.